The molecule has 0 bridgehead atoms. The fourth-order valence-electron chi connectivity index (χ4n) is 3.42. The highest BCUT2D eigenvalue weighted by Gasteiger charge is 2.26. The molecule has 0 saturated carbocycles. The molecule has 3 rings (SSSR count). The second kappa shape index (κ2) is 9.89. The van der Waals surface area contributed by atoms with Gasteiger partial charge < -0.3 is 20.1 Å². The lowest BCUT2D eigenvalue weighted by Crippen LogP contribution is -2.28. The molecule has 0 unspecified atom stereocenters. The number of para-hydroxylation sites is 1. The predicted molar refractivity (Wildman–Crippen MR) is 118 cm³/mol. The highest BCUT2D eigenvalue weighted by atomic mass is 32.1. The van der Waals surface area contributed by atoms with Gasteiger partial charge in [-0.1, -0.05) is 24.6 Å². The van der Waals surface area contributed by atoms with Crippen molar-refractivity contribution in [1.29, 1.82) is 0 Å². The Bertz CT molecular complexity index is 848. The van der Waals surface area contributed by atoms with Crippen LogP contribution in [0.2, 0.25) is 0 Å². The third-order valence-electron chi connectivity index (χ3n) is 4.76. The summed E-state index contributed by atoms with van der Waals surface area (Å²) < 4.78 is 10.7. The number of aryl methyl sites for hydroxylation is 1. The standard InChI is InChI=1S/C21H26N2O3S2/c1-3-26-20(24)18-15-10-5-4-6-12-17(15)28-19(18)23-21(27)22-13-14-9-7-8-11-16(14)25-2/h7-9,11H,3-6,10,12-13H2,1-2H3,(H2,22,23,27). The highest BCUT2D eigenvalue weighted by Crippen LogP contribution is 2.38. The molecule has 1 aliphatic carbocycles. The fourth-order valence-corrected chi connectivity index (χ4v) is 4.94. The number of benzene rings is 1. The molecule has 1 aromatic heterocycles. The number of carbonyl (C=O) groups excluding carboxylic acids is 1. The van der Waals surface area contributed by atoms with E-state index >= 15 is 0 Å². The number of carbonyl (C=O) groups is 1. The summed E-state index contributed by atoms with van der Waals surface area (Å²) in [5, 5.41) is 7.70. The number of nitrogens with one attached hydrogen (secondary N) is 2. The first-order chi connectivity index (χ1) is 13.6. The van der Waals surface area contributed by atoms with Crippen molar-refractivity contribution in [2.24, 2.45) is 0 Å². The molecule has 0 amide bonds. The molecule has 0 spiro atoms. The number of methoxy groups -OCH3 is 1. The number of hydrogen-bond donors (Lipinski definition) is 2. The molecule has 0 fully saturated rings. The summed E-state index contributed by atoms with van der Waals surface area (Å²) in [6, 6.07) is 7.81. The van der Waals surface area contributed by atoms with Gasteiger partial charge in [0.1, 0.15) is 10.8 Å². The second-order valence-corrected chi connectivity index (χ2v) is 8.12. The quantitative estimate of drug-likeness (QED) is 0.403. The van der Waals surface area contributed by atoms with Gasteiger partial charge in [0.2, 0.25) is 0 Å². The van der Waals surface area contributed by atoms with Crippen molar-refractivity contribution in [3.8, 4) is 5.75 Å². The van der Waals surface area contributed by atoms with Crippen molar-refractivity contribution in [2.75, 3.05) is 19.0 Å². The third-order valence-corrected chi connectivity index (χ3v) is 6.21. The summed E-state index contributed by atoms with van der Waals surface area (Å²) in [6.07, 6.45) is 5.39. The topological polar surface area (TPSA) is 59.6 Å². The van der Waals surface area contributed by atoms with Crippen molar-refractivity contribution in [2.45, 2.75) is 45.6 Å². The van der Waals surface area contributed by atoms with Crippen LogP contribution in [0.15, 0.2) is 24.3 Å². The van der Waals surface area contributed by atoms with Crippen LogP contribution >= 0.6 is 23.6 Å². The number of thiocarbonyl (C=S) groups is 1. The summed E-state index contributed by atoms with van der Waals surface area (Å²) in [5.74, 6) is 0.546. The maximum atomic E-state index is 12.6. The van der Waals surface area contributed by atoms with Crippen LogP contribution < -0.4 is 15.4 Å². The number of ether oxygens (including phenoxy) is 2. The lowest BCUT2D eigenvalue weighted by molar-refractivity contribution is 0.0527. The lowest BCUT2D eigenvalue weighted by atomic mass is 10.1. The number of thiophene rings is 1. The van der Waals surface area contributed by atoms with Gasteiger partial charge in [0, 0.05) is 17.0 Å². The minimum absolute atomic E-state index is 0.267. The maximum absolute atomic E-state index is 12.6. The van der Waals surface area contributed by atoms with Crippen LogP contribution in [-0.2, 0) is 24.1 Å². The Hall–Kier alpha value is -2.12. The smallest absolute Gasteiger partial charge is 0.341 e. The van der Waals surface area contributed by atoms with Crippen molar-refractivity contribution in [3.63, 3.8) is 0 Å². The molecule has 0 atom stereocenters. The number of esters is 1. The summed E-state index contributed by atoms with van der Waals surface area (Å²) in [5.41, 5.74) is 2.81. The first-order valence-electron chi connectivity index (χ1n) is 9.62. The van der Waals surface area contributed by atoms with Gasteiger partial charge in [0.05, 0.1) is 19.3 Å². The summed E-state index contributed by atoms with van der Waals surface area (Å²) in [4.78, 5) is 13.9. The Balaban J connectivity index is 1.75. The van der Waals surface area contributed by atoms with E-state index < -0.39 is 0 Å². The SMILES string of the molecule is CCOC(=O)c1c(NC(=S)NCc2ccccc2OC)sc2c1CCCCC2. The van der Waals surface area contributed by atoms with Crippen LogP contribution in [-0.4, -0.2) is 24.8 Å². The fraction of sp³-hybridized carbons (Fsp3) is 0.429. The van der Waals surface area contributed by atoms with E-state index in [2.05, 4.69) is 10.6 Å². The number of anilines is 1. The van der Waals surface area contributed by atoms with E-state index in [-0.39, 0.29) is 5.97 Å². The van der Waals surface area contributed by atoms with E-state index in [1.807, 2.05) is 31.2 Å². The van der Waals surface area contributed by atoms with Crippen molar-refractivity contribution >= 4 is 39.6 Å². The summed E-state index contributed by atoms with van der Waals surface area (Å²) in [7, 11) is 1.65. The molecular weight excluding hydrogens is 392 g/mol. The average molecular weight is 419 g/mol. The Morgan fingerprint density at radius 2 is 2.00 bits per heavy atom. The maximum Gasteiger partial charge on any atom is 0.341 e. The van der Waals surface area contributed by atoms with Crippen LogP contribution in [0.1, 0.15) is 52.5 Å². The second-order valence-electron chi connectivity index (χ2n) is 6.61. The zero-order chi connectivity index (χ0) is 19.9. The molecule has 28 heavy (non-hydrogen) atoms. The normalized spacial score (nSPS) is 13.2. The van der Waals surface area contributed by atoms with Crippen LogP contribution in [0.3, 0.4) is 0 Å². The average Bonchev–Trinajstić information content (AvgIpc) is 2.87. The molecule has 1 aromatic carbocycles. The first-order valence-corrected chi connectivity index (χ1v) is 10.8. The van der Waals surface area contributed by atoms with Gasteiger partial charge in [0.15, 0.2) is 5.11 Å². The summed E-state index contributed by atoms with van der Waals surface area (Å²) in [6.45, 7) is 2.73. The Labute approximate surface area is 175 Å². The Kier molecular flexibility index (Phi) is 7.28. The van der Waals surface area contributed by atoms with Crippen LogP contribution in [0.25, 0.3) is 0 Å². The molecule has 0 aliphatic heterocycles. The van der Waals surface area contributed by atoms with E-state index in [1.54, 1.807) is 18.4 Å². The third kappa shape index (κ3) is 4.83. The van der Waals surface area contributed by atoms with E-state index in [4.69, 9.17) is 21.7 Å². The van der Waals surface area contributed by atoms with Gasteiger partial charge in [0.25, 0.3) is 0 Å². The van der Waals surface area contributed by atoms with Crippen LogP contribution in [0, 0.1) is 0 Å². The predicted octanol–water partition coefficient (Wildman–Crippen LogP) is 4.69. The summed E-state index contributed by atoms with van der Waals surface area (Å²) >= 11 is 7.11. The largest absolute Gasteiger partial charge is 0.496 e. The van der Waals surface area contributed by atoms with Crippen molar-refractivity contribution in [1.82, 2.24) is 5.32 Å². The van der Waals surface area contributed by atoms with Gasteiger partial charge in [-0.25, -0.2) is 4.79 Å². The van der Waals surface area contributed by atoms with E-state index in [0.717, 1.165) is 47.6 Å². The zero-order valence-electron chi connectivity index (χ0n) is 16.3. The van der Waals surface area contributed by atoms with Gasteiger partial charge in [-0.3, -0.25) is 0 Å². The molecule has 150 valence electrons. The molecule has 7 heteroatoms. The van der Waals surface area contributed by atoms with E-state index in [1.165, 1.54) is 11.3 Å². The molecule has 0 saturated heterocycles. The van der Waals surface area contributed by atoms with Gasteiger partial charge >= 0.3 is 5.97 Å². The van der Waals surface area contributed by atoms with E-state index in [0.29, 0.717) is 23.8 Å². The first kappa shape index (κ1) is 20.6. The number of hydrogen-bond acceptors (Lipinski definition) is 5. The van der Waals surface area contributed by atoms with Gasteiger partial charge in [-0.2, -0.15) is 0 Å². The minimum atomic E-state index is -0.267. The molecule has 0 radical (unpaired) electrons. The van der Waals surface area contributed by atoms with Crippen LogP contribution in [0.4, 0.5) is 5.00 Å². The molecule has 5 nitrogen and oxygen atoms in total. The minimum Gasteiger partial charge on any atom is -0.496 e. The molecule has 2 N–H and O–H groups in total. The van der Waals surface area contributed by atoms with Gasteiger partial charge in [-0.15, -0.1) is 11.3 Å². The number of rotatable bonds is 6. The molecule has 1 heterocycles. The molecule has 2 aromatic rings. The molecular formula is C21H26N2O3S2. The van der Waals surface area contributed by atoms with Crippen molar-refractivity contribution in [3.05, 3.63) is 45.8 Å². The van der Waals surface area contributed by atoms with Crippen molar-refractivity contribution < 1.29 is 14.3 Å². The zero-order valence-corrected chi connectivity index (χ0v) is 17.9. The monoisotopic (exact) mass is 418 g/mol. The molecule has 1 aliphatic rings. The Morgan fingerprint density at radius 3 is 2.79 bits per heavy atom. The Morgan fingerprint density at radius 1 is 1.21 bits per heavy atom. The lowest BCUT2D eigenvalue weighted by Gasteiger charge is -2.13. The number of fused-ring (bicyclic) bond motifs is 1. The van der Waals surface area contributed by atoms with Gasteiger partial charge in [-0.05, 0) is 56.5 Å². The van der Waals surface area contributed by atoms with Crippen LogP contribution in [0.5, 0.6) is 5.75 Å². The highest BCUT2D eigenvalue weighted by molar-refractivity contribution is 7.80. The van der Waals surface area contributed by atoms with E-state index in [9.17, 15) is 4.79 Å².